The molecule has 7 nitrogen and oxygen atoms in total. The Labute approximate surface area is 130 Å². The summed E-state index contributed by atoms with van der Waals surface area (Å²) in [7, 11) is 0. The Morgan fingerprint density at radius 1 is 1.26 bits per heavy atom. The Bertz CT molecular complexity index is 729. The summed E-state index contributed by atoms with van der Waals surface area (Å²) in [6.07, 6.45) is 0.571. The molecule has 1 atom stereocenters. The number of hydrogen-bond acceptors (Lipinski definition) is 4. The smallest absolute Gasteiger partial charge is 0.334 e. The van der Waals surface area contributed by atoms with Crippen LogP contribution in [0.3, 0.4) is 0 Å². The maximum absolute atomic E-state index is 12.9. The Morgan fingerprint density at radius 2 is 2.00 bits per heavy atom. The van der Waals surface area contributed by atoms with Crippen LogP contribution >= 0.6 is 0 Å². The first-order valence-electron chi connectivity index (χ1n) is 7.00. The van der Waals surface area contributed by atoms with Crippen LogP contribution in [0, 0.1) is 5.82 Å². The van der Waals surface area contributed by atoms with Crippen molar-refractivity contribution in [3.63, 3.8) is 0 Å². The fourth-order valence-corrected chi connectivity index (χ4v) is 2.32. The highest BCUT2D eigenvalue weighted by atomic mass is 19.1. The second-order valence-corrected chi connectivity index (χ2v) is 5.07. The van der Waals surface area contributed by atoms with Crippen molar-refractivity contribution in [1.29, 1.82) is 0 Å². The molecule has 1 aromatic carbocycles. The van der Waals surface area contributed by atoms with Gasteiger partial charge in [-0.25, -0.2) is 13.9 Å². The van der Waals surface area contributed by atoms with Gasteiger partial charge in [0.1, 0.15) is 5.82 Å². The van der Waals surface area contributed by atoms with Crippen molar-refractivity contribution in [2.75, 3.05) is 19.7 Å². The second kappa shape index (κ2) is 6.17. The standard InChI is InChI=1S/C15H14FN3O4/c16-10-1-3-11(4-2-10)19-6-5-12(17-19)14(20)18-7-8-23-13(9-18)15(21)22/h1-6,13H,7-9H2,(H,21,22). The number of rotatable bonds is 3. The number of nitrogens with zero attached hydrogens (tertiary/aromatic N) is 3. The van der Waals surface area contributed by atoms with Crippen LogP contribution in [0.5, 0.6) is 0 Å². The van der Waals surface area contributed by atoms with Crippen molar-refractivity contribution < 1.29 is 23.8 Å². The van der Waals surface area contributed by atoms with E-state index in [1.165, 1.54) is 27.8 Å². The molecule has 3 rings (SSSR count). The first kappa shape index (κ1) is 15.2. The largest absolute Gasteiger partial charge is 0.479 e. The highest BCUT2D eigenvalue weighted by Gasteiger charge is 2.30. The lowest BCUT2D eigenvalue weighted by atomic mass is 10.2. The van der Waals surface area contributed by atoms with Gasteiger partial charge in [-0.2, -0.15) is 5.10 Å². The average Bonchev–Trinajstić information content (AvgIpc) is 3.05. The van der Waals surface area contributed by atoms with Gasteiger partial charge in [-0.1, -0.05) is 0 Å². The molecule has 0 aliphatic carbocycles. The molecule has 1 aromatic heterocycles. The van der Waals surface area contributed by atoms with E-state index in [2.05, 4.69) is 5.10 Å². The molecule has 1 aliphatic rings. The molecular weight excluding hydrogens is 305 g/mol. The van der Waals surface area contributed by atoms with E-state index in [1.807, 2.05) is 0 Å². The van der Waals surface area contributed by atoms with Crippen LogP contribution in [0.4, 0.5) is 4.39 Å². The van der Waals surface area contributed by atoms with Crippen LogP contribution in [0.1, 0.15) is 10.5 Å². The third kappa shape index (κ3) is 3.21. The van der Waals surface area contributed by atoms with Gasteiger partial charge >= 0.3 is 5.97 Å². The first-order chi connectivity index (χ1) is 11.0. The number of carbonyl (C=O) groups excluding carboxylic acids is 1. The molecule has 0 bridgehead atoms. The fourth-order valence-electron chi connectivity index (χ4n) is 2.32. The van der Waals surface area contributed by atoms with E-state index in [-0.39, 0.29) is 30.6 Å². The molecular formula is C15H14FN3O4. The van der Waals surface area contributed by atoms with Crippen molar-refractivity contribution in [3.8, 4) is 5.69 Å². The number of morpholine rings is 1. The van der Waals surface area contributed by atoms with Gasteiger partial charge in [0, 0.05) is 12.7 Å². The van der Waals surface area contributed by atoms with Crippen LogP contribution in [0.25, 0.3) is 5.69 Å². The average molecular weight is 319 g/mol. The molecule has 1 saturated heterocycles. The van der Waals surface area contributed by atoms with Gasteiger partial charge < -0.3 is 14.7 Å². The van der Waals surface area contributed by atoms with E-state index >= 15 is 0 Å². The van der Waals surface area contributed by atoms with Crippen molar-refractivity contribution in [3.05, 3.63) is 48.0 Å². The zero-order valence-corrected chi connectivity index (χ0v) is 12.1. The van der Waals surface area contributed by atoms with E-state index in [0.29, 0.717) is 12.2 Å². The molecule has 0 spiro atoms. The highest BCUT2D eigenvalue weighted by molar-refractivity contribution is 5.92. The predicted octanol–water partition coefficient (Wildman–Crippen LogP) is 0.937. The summed E-state index contributed by atoms with van der Waals surface area (Å²) >= 11 is 0. The zero-order valence-electron chi connectivity index (χ0n) is 12.1. The van der Waals surface area contributed by atoms with E-state index in [0.717, 1.165) is 0 Å². The van der Waals surface area contributed by atoms with Crippen molar-refractivity contribution >= 4 is 11.9 Å². The van der Waals surface area contributed by atoms with Gasteiger partial charge in [-0.15, -0.1) is 0 Å². The maximum atomic E-state index is 12.9. The molecule has 120 valence electrons. The quantitative estimate of drug-likeness (QED) is 0.910. The van der Waals surface area contributed by atoms with Gasteiger partial charge in [-0.05, 0) is 30.3 Å². The number of ether oxygens (including phenoxy) is 1. The van der Waals surface area contributed by atoms with Crippen molar-refractivity contribution in [2.45, 2.75) is 6.10 Å². The number of carboxylic acid groups (broad SMARTS) is 1. The summed E-state index contributed by atoms with van der Waals surface area (Å²) < 4.78 is 19.5. The lowest BCUT2D eigenvalue weighted by Crippen LogP contribution is -2.48. The Kier molecular flexibility index (Phi) is 4.07. The van der Waals surface area contributed by atoms with Crippen LogP contribution in [-0.2, 0) is 9.53 Å². The number of amides is 1. The van der Waals surface area contributed by atoms with Crippen molar-refractivity contribution in [2.24, 2.45) is 0 Å². The van der Waals surface area contributed by atoms with E-state index in [4.69, 9.17) is 9.84 Å². The molecule has 1 fully saturated rings. The number of carbonyl (C=O) groups is 2. The third-order valence-corrected chi connectivity index (χ3v) is 3.53. The zero-order chi connectivity index (χ0) is 16.4. The number of benzene rings is 1. The summed E-state index contributed by atoms with van der Waals surface area (Å²) in [6.45, 7) is 0.463. The molecule has 2 aromatic rings. The van der Waals surface area contributed by atoms with Crippen LogP contribution in [0.15, 0.2) is 36.5 Å². The van der Waals surface area contributed by atoms with Crippen LogP contribution < -0.4 is 0 Å². The van der Waals surface area contributed by atoms with E-state index in [1.54, 1.807) is 18.3 Å². The van der Waals surface area contributed by atoms with Crippen molar-refractivity contribution in [1.82, 2.24) is 14.7 Å². The predicted molar refractivity (Wildman–Crippen MR) is 76.8 cm³/mol. The van der Waals surface area contributed by atoms with Crippen LogP contribution in [-0.4, -0.2) is 57.5 Å². The van der Waals surface area contributed by atoms with Gasteiger partial charge in [0.15, 0.2) is 11.8 Å². The van der Waals surface area contributed by atoms with E-state index < -0.39 is 12.1 Å². The molecule has 0 saturated carbocycles. The summed E-state index contributed by atoms with van der Waals surface area (Å²) in [5, 5.41) is 13.1. The molecule has 0 radical (unpaired) electrons. The molecule has 8 heteroatoms. The van der Waals surface area contributed by atoms with Gasteiger partial charge in [0.05, 0.1) is 18.8 Å². The molecule has 1 N–H and O–H groups in total. The van der Waals surface area contributed by atoms with Gasteiger partial charge in [0.2, 0.25) is 0 Å². The van der Waals surface area contributed by atoms with Gasteiger partial charge in [0.25, 0.3) is 5.91 Å². The summed E-state index contributed by atoms with van der Waals surface area (Å²) in [5.41, 5.74) is 0.816. The summed E-state index contributed by atoms with van der Waals surface area (Å²) in [5.74, 6) is -1.81. The minimum atomic E-state index is -1.10. The van der Waals surface area contributed by atoms with Crippen LogP contribution in [0.2, 0.25) is 0 Å². The molecule has 2 heterocycles. The number of carboxylic acids is 1. The molecule has 1 unspecified atom stereocenters. The Morgan fingerprint density at radius 3 is 2.70 bits per heavy atom. The number of hydrogen-bond donors (Lipinski definition) is 1. The number of aliphatic carboxylic acids is 1. The summed E-state index contributed by atoms with van der Waals surface area (Å²) in [6, 6.07) is 7.24. The minimum absolute atomic E-state index is 0.0163. The Hall–Kier alpha value is -2.74. The normalized spacial score (nSPS) is 18.0. The molecule has 23 heavy (non-hydrogen) atoms. The lowest BCUT2D eigenvalue weighted by Gasteiger charge is -2.30. The maximum Gasteiger partial charge on any atom is 0.334 e. The number of halogens is 1. The third-order valence-electron chi connectivity index (χ3n) is 3.53. The minimum Gasteiger partial charge on any atom is -0.479 e. The summed E-state index contributed by atoms with van der Waals surface area (Å²) in [4.78, 5) is 24.8. The molecule has 1 amide bonds. The number of aromatic nitrogens is 2. The lowest BCUT2D eigenvalue weighted by molar-refractivity contribution is -0.154. The van der Waals surface area contributed by atoms with Gasteiger partial charge in [-0.3, -0.25) is 4.79 Å². The topological polar surface area (TPSA) is 84.7 Å². The van der Waals surface area contributed by atoms with E-state index in [9.17, 15) is 14.0 Å². The Balaban J connectivity index is 1.75. The second-order valence-electron chi connectivity index (χ2n) is 5.07. The first-order valence-corrected chi connectivity index (χ1v) is 7.00. The molecule has 1 aliphatic heterocycles. The fraction of sp³-hybridized carbons (Fsp3) is 0.267. The SMILES string of the molecule is O=C(O)C1CN(C(=O)c2ccn(-c3ccc(F)cc3)n2)CCO1. The highest BCUT2D eigenvalue weighted by Crippen LogP contribution is 2.12. The monoisotopic (exact) mass is 319 g/mol.